The van der Waals surface area contributed by atoms with Gasteiger partial charge in [0.1, 0.15) is 0 Å². The first kappa shape index (κ1) is 15.7. The van der Waals surface area contributed by atoms with E-state index in [9.17, 15) is 9.90 Å². The van der Waals surface area contributed by atoms with Crippen molar-refractivity contribution in [2.75, 3.05) is 0 Å². The van der Waals surface area contributed by atoms with Crippen LogP contribution in [-0.4, -0.2) is 22.3 Å². The second kappa shape index (κ2) is 6.87. The number of aliphatic hydroxyl groups is 1. The van der Waals surface area contributed by atoms with Gasteiger partial charge in [-0.05, 0) is 34.4 Å². The average molecular weight is 294 g/mol. The van der Waals surface area contributed by atoms with Gasteiger partial charge in [-0.1, -0.05) is 55.6 Å². The van der Waals surface area contributed by atoms with Crippen molar-refractivity contribution in [3.05, 3.63) is 84.4 Å². The molecule has 0 aliphatic heterocycles. The molecule has 0 amide bonds. The van der Waals surface area contributed by atoms with E-state index in [1.807, 2.05) is 30.3 Å². The molecule has 0 heterocycles. The fraction of sp³-hybridized carbons (Fsp3) is 0.105. The molecule has 0 aliphatic carbocycles. The quantitative estimate of drug-likeness (QED) is 0.850. The summed E-state index contributed by atoms with van der Waals surface area (Å²) in [6, 6.07) is 16.0. The average Bonchev–Trinajstić information content (AvgIpc) is 2.55. The standard InChI is InChI=1S/C19H18O3/c1-13(15-6-4-3-5-7-15)12-18(20)14(2)16-8-10-17(11-9-16)19(21)22/h3-11,18,20H,1-2,12H2,(H,21,22). The Hall–Kier alpha value is -2.65. The molecule has 2 aromatic rings. The molecule has 0 bridgehead atoms. The van der Waals surface area contributed by atoms with E-state index in [0.29, 0.717) is 12.0 Å². The van der Waals surface area contributed by atoms with Gasteiger partial charge in [0.15, 0.2) is 0 Å². The van der Waals surface area contributed by atoms with Crippen molar-refractivity contribution in [1.29, 1.82) is 0 Å². The van der Waals surface area contributed by atoms with Crippen molar-refractivity contribution >= 4 is 17.1 Å². The van der Waals surface area contributed by atoms with E-state index in [1.165, 1.54) is 12.1 Å². The fourth-order valence-electron chi connectivity index (χ4n) is 2.17. The molecule has 2 aromatic carbocycles. The molecule has 1 unspecified atom stereocenters. The summed E-state index contributed by atoms with van der Waals surface area (Å²) >= 11 is 0. The molecular formula is C19H18O3. The molecule has 3 nitrogen and oxygen atoms in total. The van der Waals surface area contributed by atoms with Crippen LogP contribution in [0.1, 0.15) is 27.9 Å². The van der Waals surface area contributed by atoms with E-state index in [0.717, 1.165) is 16.7 Å². The fourth-order valence-corrected chi connectivity index (χ4v) is 2.17. The molecule has 1 atom stereocenters. The minimum atomic E-state index is -0.977. The van der Waals surface area contributed by atoms with E-state index in [4.69, 9.17) is 5.11 Å². The van der Waals surface area contributed by atoms with E-state index in [-0.39, 0.29) is 5.56 Å². The second-order valence-electron chi connectivity index (χ2n) is 5.10. The van der Waals surface area contributed by atoms with Crippen LogP contribution >= 0.6 is 0 Å². The first-order valence-corrected chi connectivity index (χ1v) is 6.93. The van der Waals surface area contributed by atoms with Gasteiger partial charge in [-0.2, -0.15) is 0 Å². The molecule has 22 heavy (non-hydrogen) atoms. The van der Waals surface area contributed by atoms with Crippen LogP contribution in [0, 0.1) is 0 Å². The summed E-state index contributed by atoms with van der Waals surface area (Å²) in [6.45, 7) is 7.91. The van der Waals surface area contributed by atoms with Gasteiger partial charge >= 0.3 is 5.97 Å². The lowest BCUT2D eigenvalue weighted by Crippen LogP contribution is -2.09. The topological polar surface area (TPSA) is 57.5 Å². The maximum atomic E-state index is 10.8. The number of carboxylic acid groups (broad SMARTS) is 1. The normalized spacial score (nSPS) is 11.7. The summed E-state index contributed by atoms with van der Waals surface area (Å²) in [6.07, 6.45) is -0.382. The van der Waals surface area contributed by atoms with E-state index in [2.05, 4.69) is 13.2 Å². The maximum absolute atomic E-state index is 10.8. The van der Waals surface area contributed by atoms with Crippen LogP contribution in [0.25, 0.3) is 11.1 Å². The highest BCUT2D eigenvalue weighted by Gasteiger charge is 2.14. The van der Waals surface area contributed by atoms with Crippen LogP contribution in [0.2, 0.25) is 0 Å². The number of carboxylic acids is 1. The summed E-state index contributed by atoms with van der Waals surface area (Å²) < 4.78 is 0. The SMILES string of the molecule is C=C(CC(O)C(=C)c1ccc(C(=O)O)cc1)c1ccccc1. The van der Waals surface area contributed by atoms with Crippen LogP contribution in [-0.2, 0) is 0 Å². The second-order valence-corrected chi connectivity index (χ2v) is 5.10. The van der Waals surface area contributed by atoms with Crippen molar-refractivity contribution < 1.29 is 15.0 Å². The third-order valence-electron chi connectivity index (χ3n) is 3.53. The van der Waals surface area contributed by atoms with E-state index < -0.39 is 12.1 Å². The van der Waals surface area contributed by atoms with Gasteiger partial charge in [-0.3, -0.25) is 0 Å². The van der Waals surface area contributed by atoms with Gasteiger partial charge in [0, 0.05) is 6.42 Å². The Balaban J connectivity index is 2.06. The van der Waals surface area contributed by atoms with Crippen molar-refractivity contribution in [2.24, 2.45) is 0 Å². The Morgan fingerprint density at radius 3 is 2.00 bits per heavy atom. The molecule has 0 saturated heterocycles. The number of rotatable bonds is 6. The number of aliphatic hydroxyl groups excluding tert-OH is 1. The molecule has 0 radical (unpaired) electrons. The Morgan fingerprint density at radius 1 is 0.909 bits per heavy atom. The highest BCUT2D eigenvalue weighted by molar-refractivity contribution is 5.88. The predicted octanol–water partition coefficient (Wildman–Crippen LogP) is 3.86. The summed E-state index contributed by atoms with van der Waals surface area (Å²) in [4.78, 5) is 10.8. The number of hydrogen-bond donors (Lipinski definition) is 2. The van der Waals surface area contributed by atoms with Gasteiger partial charge in [-0.15, -0.1) is 0 Å². The molecule has 0 aliphatic rings. The molecule has 0 spiro atoms. The van der Waals surface area contributed by atoms with Crippen molar-refractivity contribution in [2.45, 2.75) is 12.5 Å². The minimum Gasteiger partial charge on any atom is -0.478 e. The van der Waals surface area contributed by atoms with Gasteiger partial charge < -0.3 is 10.2 Å². The molecule has 2 N–H and O–H groups in total. The summed E-state index contributed by atoms with van der Waals surface area (Å²) in [5, 5.41) is 19.2. The Labute approximate surface area is 129 Å². The zero-order chi connectivity index (χ0) is 16.1. The summed E-state index contributed by atoms with van der Waals surface area (Å²) in [5.41, 5.74) is 3.29. The van der Waals surface area contributed by atoms with Gasteiger partial charge in [-0.25, -0.2) is 4.79 Å². The van der Waals surface area contributed by atoms with Gasteiger partial charge in [0.2, 0.25) is 0 Å². The first-order chi connectivity index (χ1) is 10.5. The number of aromatic carboxylic acids is 1. The van der Waals surface area contributed by atoms with Crippen molar-refractivity contribution in [3.8, 4) is 0 Å². The van der Waals surface area contributed by atoms with Crippen LogP contribution in [0.3, 0.4) is 0 Å². The first-order valence-electron chi connectivity index (χ1n) is 6.93. The molecule has 2 rings (SSSR count). The monoisotopic (exact) mass is 294 g/mol. The Bertz CT molecular complexity index is 684. The third-order valence-corrected chi connectivity index (χ3v) is 3.53. The largest absolute Gasteiger partial charge is 0.478 e. The number of carbonyl (C=O) groups is 1. The van der Waals surface area contributed by atoms with Crippen LogP contribution in [0.5, 0.6) is 0 Å². The van der Waals surface area contributed by atoms with Crippen LogP contribution in [0.15, 0.2) is 67.8 Å². The lowest BCUT2D eigenvalue weighted by atomic mass is 9.94. The molecule has 0 aromatic heterocycles. The van der Waals surface area contributed by atoms with Crippen molar-refractivity contribution in [1.82, 2.24) is 0 Å². The highest BCUT2D eigenvalue weighted by atomic mass is 16.4. The lowest BCUT2D eigenvalue weighted by Gasteiger charge is -2.16. The number of benzene rings is 2. The minimum absolute atomic E-state index is 0.208. The molecular weight excluding hydrogens is 276 g/mol. The van der Waals surface area contributed by atoms with Crippen molar-refractivity contribution in [3.63, 3.8) is 0 Å². The van der Waals surface area contributed by atoms with Gasteiger partial charge in [0.25, 0.3) is 0 Å². The Kier molecular flexibility index (Phi) is 4.92. The molecule has 3 heteroatoms. The Morgan fingerprint density at radius 2 is 1.45 bits per heavy atom. The maximum Gasteiger partial charge on any atom is 0.335 e. The zero-order valence-corrected chi connectivity index (χ0v) is 12.2. The molecule has 0 saturated carbocycles. The van der Waals surface area contributed by atoms with Gasteiger partial charge in [0.05, 0.1) is 11.7 Å². The van der Waals surface area contributed by atoms with Crippen LogP contribution in [0.4, 0.5) is 0 Å². The van der Waals surface area contributed by atoms with Crippen LogP contribution < -0.4 is 0 Å². The lowest BCUT2D eigenvalue weighted by molar-refractivity contribution is 0.0697. The summed E-state index contributed by atoms with van der Waals surface area (Å²) in [5.74, 6) is -0.977. The van der Waals surface area contributed by atoms with E-state index in [1.54, 1.807) is 12.1 Å². The van der Waals surface area contributed by atoms with E-state index >= 15 is 0 Å². The zero-order valence-electron chi connectivity index (χ0n) is 12.2. The highest BCUT2D eigenvalue weighted by Crippen LogP contribution is 2.25. The molecule has 0 fully saturated rings. The molecule has 112 valence electrons. The predicted molar refractivity (Wildman–Crippen MR) is 88.5 cm³/mol. The third kappa shape index (κ3) is 3.71. The summed E-state index contributed by atoms with van der Waals surface area (Å²) in [7, 11) is 0. The smallest absolute Gasteiger partial charge is 0.335 e. The number of hydrogen-bond acceptors (Lipinski definition) is 2.